The summed E-state index contributed by atoms with van der Waals surface area (Å²) < 4.78 is 23.1. The van der Waals surface area contributed by atoms with Crippen LogP contribution >= 0.6 is 0 Å². The molecule has 0 unspecified atom stereocenters. The number of allylic oxidation sites excluding steroid dienone is 1. The van der Waals surface area contributed by atoms with Crippen LogP contribution in [0.25, 0.3) is 0 Å². The van der Waals surface area contributed by atoms with Gasteiger partial charge in [-0.15, -0.1) is 0 Å². The number of hydrogen-bond acceptors (Lipinski definition) is 3. The molecule has 0 aromatic heterocycles. The summed E-state index contributed by atoms with van der Waals surface area (Å²) in [5.74, 6) is 0. The van der Waals surface area contributed by atoms with Gasteiger partial charge in [-0.3, -0.25) is 0 Å². The summed E-state index contributed by atoms with van der Waals surface area (Å²) >= 11 is 0. The first-order valence-corrected chi connectivity index (χ1v) is 5.37. The predicted octanol–water partition coefficient (Wildman–Crippen LogP) is 1.81. The maximum absolute atomic E-state index is 11.6. The first-order chi connectivity index (χ1) is 6.48. The molecule has 0 aliphatic heterocycles. The summed E-state index contributed by atoms with van der Waals surface area (Å²) in [6.07, 6.45) is 0. The molecule has 1 rings (SSSR count). The number of nitrogens with zero attached hydrogens (tertiary/aromatic N) is 1. The van der Waals surface area contributed by atoms with E-state index in [0.29, 0.717) is 0 Å². The van der Waals surface area contributed by atoms with Crippen LogP contribution in [0.4, 0.5) is 0 Å². The lowest BCUT2D eigenvalue weighted by molar-refractivity contribution is 0.603. The zero-order valence-electron chi connectivity index (χ0n) is 7.69. The fraction of sp³-hybridized carbons (Fsp3) is 0.100. The van der Waals surface area contributed by atoms with Crippen molar-refractivity contribution in [2.45, 2.75) is 11.8 Å². The number of nitriles is 1. The average Bonchev–Trinajstić information content (AvgIpc) is 2.17. The van der Waals surface area contributed by atoms with Crippen LogP contribution in [0.2, 0.25) is 0 Å². The van der Waals surface area contributed by atoms with Gasteiger partial charge in [-0.2, -0.15) is 5.26 Å². The number of benzene rings is 1. The van der Waals surface area contributed by atoms with Crippen molar-refractivity contribution in [2.24, 2.45) is 0 Å². The molecule has 0 aliphatic rings. The van der Waals surface area contributed by atoms with Crippen LogP contribution in [0.1, 0.15) is 5.56 Å². The lowest BCUT2D eigenvalue weighted by Crippen LogP contribution is -2.01. The normalized spacial score (nSPS) is 10.6. The molecule has 0 bridgehead atoms. The molecule has 0 saturated carbocycles. The minimum atomic E-state index is -3.66. The van der Waals surface area contributed by atoms with Crippen LogP contribution in [-0.4, -0.2) is 8.42 Å². The zero-order chi connectivity index (χ0) is 10.8. The van der Waals surface area contributed by atoms with Crippen molar-refractivity contribution in [3.63, 3.8) is 0 Å². The Labute approximate surface area is 83.2 Å². The summed E-state index contributed by atoms with van der Waals surface area (Å²) in [6, 6.07) is 7.82. The van der Waals surface area contributed by atoms with Gasteiger partial charge >= 0.3 is 0 Å². The molecule has 0 N–H and O–H groups in total. The Kier molecular flexibility index (Phi) is 2.73. The van der Waals surface area contributed by atoms with E-state index in [4.69, 9.17) is 5.26 Å². The van der Waals surface area contributed by atoms with E-state index in [1.807, 2.05) is 6.92 Å². The minimum Gasteiger partial charge on any atom is -0.218 e. The van der Waals surface area contributed by atoms with E-state index in [0.717, 1.165) is 5.56 Å². The lowest BCUT2D eigenvalue weighted by atomic mass is 10.2. The van der Waals surface area contributed by atoms with Crippen LogP contribution < -0.4 is 0 Å². The Morgan fingerprint density at radius 2 is 1.86 bits per heavy atom. The maximum Gasteiger partial charge on any atom is 0.216 e. The number of rotatable bonds is 2. The van der Waals surface area contributed by atoms with Gasteiger partial charge in [0.1, 0.15) is 11.0 Å². The van der Waals surface area contributed by atoms with E-state index >= 15 is 0 Å². The number of aryl methyl sites for hydroxylation is 1. The molecule has 1 aromatic rings. The first kappa shape index (κ1) is 10.5. The Hall–Kier alpha value is -1.60. The SMILES string of the molecule is C=C(C#N)S(=O)(=O)c1ccc(C)cc1. The molecule has 14 heavy (non-hydrogen) atoms. The first-order valence-electron chi connectivity index (χ1n) is 3.89. The van der Waals surface area contributed by atoms with Crippen LogP contribution in [0, 0.1) is 18.3 Å². The van der Waals surface area contributed by atoms with E-state index in [9.17, 15) is 8.42 Å². The van der Waals surface area contributed by atoms with Crippen LogP contribution in [0.5, 0.6) is 0 Å². The molecule has 3 nitrogen and oxygen atoms in total. The van der Waals surface area contributed by atoms with Crippen molar-refractivity contribution in [3.05, 3.63) is 41.3 Å². The molecule has 0 fully saturated rings. The molecule has 1 aromatic carbocycles. The molecule has 0 amide bonds. The van der Waals surface area contributed by atoms with Gasteiger partial charge in [-0.1, -0.05) is 24.3 Å². The quantitative estimate of drug-likeness (QED) is 0.695. The van der Waals surface area contributed by atoms with Crippen molar-refractivity contribution in [2.75, 3.05) is 0 Å². The van der Waals surface area contributed by atoms with E-state index in [2.05, 4.69) is 6.58 Å². The Morgan fingerprint density at radius 1 is 1.36 bits per heavy atom. The van der Waals surface area contributed by atoms with E-state index in [-0.39, 0.29) is 4.90 Å². The second-order valence-corrected chi connectivity index (χ2v) is 4.82. The van der Waals surface area contributed by atoms with Crippen molar-refractivity contribution in [1.82, 2.24) is 0 Å². The summed E-state index contributed by atoms with van der Waals surface area (Å²) in [4.78, 5) is -0.323. The molecular weight excluding hydrogens is 198 g/mol. The number of hydrogen-bond donors (Lipinski definition) is 0. The highest BCUT2D eigenvalue weighted by Crippen LogP contribution is 2.17. The standard InChI is InChI=1S/C10H9NO2S/c1-8-3-5-10(6-4-8)14(12,13)9(2)7-11/h3-6H,2H2,1H3. The monoisotopic (exact) mass is 207 g/mol. The van der Waals surface area contributed by atoms with Crippen LogP contribution in [-0.2, 0) is 9.84 Å². The van der Waals surface area contributed by atoms with Gasteiger partial charge in [0.15, 0.2) is 0 Å². The van der Waals surface area contributed by atoms with Crippen molar-refractivity contribution in [1.29, 1.82) is 5.26 Å². The zero-order valence-corrected chi connectivity index (χ0v) is 8.50. The second-order valence-electron chi connectivity index (χ2n) is 2.85. The lowest BCUT2D eigenvalue weighted by Gasteiger charge is -2.01. The molecule has 0 spiro atoms. The molecule has 72 valence electrons. The van der Waals surface area contributed by atoms with Crippen molar-refractivity contribution >= 4 is 9.84 Å². The Balaban J connectivity index is 3.26. The third kappa shape index (κ3) is 1.83. The van der Waals surface area contributed by atoms with Gasteiger partial charge < -0.3 is 0 Å². The molecule has 4 heteroatoms. The molecular formula is C10H9NO2S. The summed E-state index contributed by atoms with van der Waals surface area (Å²) in [6.45, 7) is 5.05. The van der Waals surface area contributed by atoms with Crippen LogP contribution in [0.15, 0.2) is 40.6 Å². The molecule has 0 aliphatic carbocycles. The molecule has 0 heterocycles. The Bertz CT molecular complexity index is 492. The van der Waals surface area contributed by atoms with Crippen molar-refractivity contribution < 1.29 is 8.42 Å². The summed E-state index contributed by atoms with van der Waals surface area (Å²) in [7, 11) is -3.66. The average molecular weight is 207 g/mol. The van der Waals surface area contributed by atoms with Crippen molar-refractivity contribution in [3.8, 4) is 6.07 Å². The summed E-state index contributed by atoms with van der Waals surface area (Å²) in [5.41, 5.74) is 0.964. The predicted molar refractivity (Wildman–Crippen MR) is 53.1 cm³/mol. The van der Waals surface area contributed by atoms with E-state index in [1.165, 1.54) is 18.2 Å². The van der Waals surface area contributed by atoms with Crippen LogP contribution in [0.3, 0.4) is 0 Å². The van der Waals surface area contributed by atoms with Gasteiger partial charge in [-0.05, 0) is 19.1 Å². The minimum absolute atomic E-state index is 0.106. The highest BCUT2D eigenvalue weighted by atomic mass is 32.2. The highest BCUT2D eigenvalue weighted by Gasteiger charge is 2.17. The fourth-order valence-corrected chi connectivity index (χ4v) is 1.82. The molecule has 0 saturated heterocycles. The van der Waals surface area contributed by atoms with Gasteiger partial charge in [-0.25, -0.2) is 8.42 Å². The maximum atomic E-state index is 11.6. The topological polar surface area (TPSA) is 57.9 Å². The van der Waals surface area contributed by atoms with Gasteiger partial charge in [0.05, 0.1) is 4.90 Å². The largest absolute Gasteiger partial charge is 0.218 e. The van der Waals surface area contributed by atoms with Gasteiger partial charge in [0.25, 0.3) is 0 Å². The van der Waals surface area contributed by atoms with E-state index < -0.39 is 14.7 Å². The highest BCUT2D eigenvalue weighted by molar-refractivity contribution is 7.95. The van der Waals surface area contributed by atoms with Gasteiger partial charge in [0, 0.05) is 0 Å². The molecule has 0 radical (unpaired) electrons. The van der Waals surface area contributed by atoms with Gasteiger partial charge in [0.2, 0.25) is 9.84 Å². The summed E-state index contributed by atoms with van der Waals surface area (Å²) in [5, 5.41) is 8.46. The third-order valence-electron chi connectivity index (χ3n) is 1.78. The third-order valence-corrected chi connectivity index (χ3v) is 3.41. The second kappa shape index (κ2) is 3.64. The molecule has 0 atom stereocenters. The number of sulfone groups is 1. The van der Waals surface area contributed by atoms with E-state index in [1.54, 1.807) is 12.1 Å². The fourth-order valence-electron chi connectivity index (χ4n) is 0.920. The Morgan fingerprint density at radius 3 is 2.29 bits per heavy atom. The smallest absolute Gasteiger partial charge is 0.216 e.